The summed E-state index contributed by atoms with van der Waals surface area (Å²) in [4.78, 5) is 11.7. The Morgan fingerprint density at radius 3 is 2.29 bits per heavy atom. The Balaban J connectivity index is 1.79. The fourth-order valence-corrected chi connectivity index (χ4v) is 3.82. The number of aliphatic carboxylic acids is 1. The Labute approximate surface area is 168 Å². The molecule has 0 amide bonds. The van der Waals surface area contributed by atoms with Gasteiger partial charge in [0.05, 0.1) is 0 Å². The number of hydrogen-bond acceptors (Lipinski definition) is 5. The first kappa shape index (κ1) is 22.9. The average molecular weight is 390 g/mol. The number of nitrogens with two attached hydrogens (primary N) is 1. The zero-order chi connectivity index (χ0) is 20.9. The van der Waals surface area contributed by atoms with Gasteiger partial charge in [0.25, 0.3) is 0 Å². The molecule has 1 aromatic carbocycles. The Bertz CT molecular complexity index is 639. The van der Waals surface area contributed by atoms with Gasteiger partial charge in [0.1, 0.15) is 5.54 Å². The first-order valence-electron chi connectivity index (χ1n) is 10.2. The van der Waals surface area contributed by atoms with Crippen LogP contribution in [0, 0.1) is 5.92 Å². The van der Waals surface area contributed by atoms with Crippen LogP contribution in [0.1, 0.15) is 64.0 Å². The van der Waals surface area contributed by atoms with Crippen LogP contribution in [-0.4, -0.2) is 39.8 Å². The highest BCUT2D eigenvalue weighted by molar-refractivity contribution is 6.40. The van der Waals surface area contributed by atoms with Gasteiger partial charge in [-0.3, -0.25) is 4.79 Å². The average Bonchev–Trinajstić information content (AvgIpc) is 2.56. The minimum atomic E-state index is -1.34. The van der Waals surface area contributed by atoms with Crippen LogP contribution in [0.25, 0.3) is 0 Å². The number of benzene rings is 1. The lowest BCUT2D eigenvalue weighted by molar-refractivity contribution is -0.148. The van der Waals surface area contributed by atoms with Crippen molar-refractivity contribution >= 4 is 13.1 Å². The van der Waals surface area contributed by atoms with Crippen LogP contribution in [0.3, 0.4) is 0 Å². The predicted molar refractivity (Wildman–Crippen MR) is 112 cm³/mol. The zero-order valence-electron chi connectivity index (χ0n) is 17.3. The number of hydrogen-bond donors (Lipinski definition) is 5. The predicted octanol–water partition coefficient (Wildman–Crippen LogP) is 2.28. The van der Waals surface area contributed by atoms with Crippen molar-refractivity contribution in [2.45, 2.75) is 82.7 Å². The number of carboxylic acids is 1. The van der Waals surface area contributed by atoms with Crippen molar-refractivity contribution in [3.8, 4) is 0 Å². The summed E-state index contributed by atoms with van der Waals surface area (Å²) in [6.07, 6.45) is 3.26. The molecule has 1 unspecified atom stereocenters. The fourth-order valence-electron chi connectivity index (χ4n) is 3.82. The molecule has 1 aliphatic carbocycles. The number of unbranched alkanes of at least 4 members (excludes halogenated alkanes) is 1. The lowest BCUT2D eigenvalue weighted by atomic mass is 9.66. The molecule has 0 saturated heterocycles. The minimum Gasteiger partial charge on any atom is -0.480 e. The van der Waals surface area contributed by atoms with Gasteiger partial charge in [-0.2, -0.15) is 0 Å². The summed E-state index contributed by atoms with van der Waals surface area (Å²) in [5.74, 6) is -1.01. The highest BCUT2D eigenvalue weighted by atomic mass is 16.4. The van der Waals surface area contributed by atoms with Gasteiger partial charge in [0.15, 0.2) is 0 Å². The number of carboxylic acid groups (broad SMARTS) is 1. The van der Waals surface area contributed by atoms with E-state index in [1.807, 2.05) is 0 Å². The molecule has 1 saturated carbocycles. The molecule has 0 radical (unpaired) electrons. The van der Waals surface area contributed by atoms with Gasteiger partial charge in [-0.15, -0.1) is 0 Å². The summed E-state index contributed by atoms with van der Waals surface area (Å²) >= 11 is 0. The first-order chi connectivity index (χ1) is 13.0. The molecule has 156 valence electrons. The molecule has 1 aliphatic rings. The highest BCUT2D eigenvalue weighted by Gasteiger charge is 2.48. The lowest BCUT2D eigenvalue weighted by Crippen LogP contribution is -2.61. The second kappa shape index (κ2) is 9.40. The van der Waals surface area contributed by atoms with E-state index in [0.717, 1.165) is 19.4 Å². The fraction of sp³-hybridized carbons (Fsp3) is 0.667. The van der Waals surface area contributed by atoms with Crippen LogP contribution in [0.5, 0.6) is 0 Å². The smallest absolute Gasteiger partial charge is 0.451 e. The largest absolute Gasteiger partial charge is 0.480 e. The SMILES string of the molecule is CC(C)(C)c1ccc(CN[C@H]2C[C@@H](C(N)(CCCCB(O)O)C(=O)O)C2)cc1. The second-order valence-electron chi connectivity index (χ2n) is 9.26. The third-order valence-electron chi connectivity index (χ3n) is 5.98. The van der Waals surface area contributed by atoms with Crippen molar-refractivity contribution in [2.75, 3.05) is 0 Å². The topological polar surface area (TPSA) is 116 Å². The number of carbonyl (C=O) groups is 1. The summed E-state index contributed by atoms with van der Waals surface area (Å²) in [5, 5.41) is 30.9. The number of nitrogens with one attached hydrogen (secondary N) is 1. The van der Waals surface area contributed by atoms with Crippen LogP contribution in [0.2, 0.25) is 6.32 Å². The van der Waals surface area contributed by atoms with Gasteiger partial charge >= 0.3 is 13.1 Å². The number of rotatable bonds is 10. The van der Waals surface area contributed by atoms with Crippen LogP contribution >= 0.6 is 0 Å². The molecule has 1 aromatic rings. The van der Waals surface area contributed by atoms with Gasteiger partial charge in [0.2, 0.25) is 0 Å². The van der Waals surface area contributed by atoms with Crippen molar-refractivity contribution in [1.82, 2.24) is 5.32 Å². The van der Waals surface area contributed by atoms with Gasteiger partial charge in [-0.25, -0.2) is 0 Å². The van der Waals surface area contributed by atoms with E-state index < -0.39 is 18.6 Å². The summed E-state index contributed by atoms with van der Waals surface area (Å²) in [5.41, 5.74) is 7.68. The van der Waals surface area contributed by atoms with Crippen LogP contribution in [0.15, 0.2) is 24.3 Å². The summed E-state index contributed by atoms with van der Waals surface area (Å²) in [6, 6.07) is 8.90. The van der Waals surface area contributed by atoms with Crippen molar-refractivity contribution in [2.24, 2.45) is 11.7 Å². The van der Waals surface area contributed by atoms with E-state index in [0.29, 0.717) is 19.3 Å². The summed E-state index contributed by atoms with van der Waals surface area (Å²) in [7, 11) is -1.34. The molecular weight excluding hydrogens is 355 g/mol. The van der Waals surface area contributed by atoms with E-state index in [-0.39, 0.29) is 23.7 Å². The van der Waals surface area contributed by atoms with Crippen molar-refractivity contribution in [1.29, 1.82) is 0 Å². The molecule has 0 aliphatic heterocycles. The first-order valence-corrected chi connectivity index (χ1v) is 10.2. The van der Waals surface area contributed by atoms with Crippen molar-refractivity contribution in [3.63, 3.8) is 0 Å². The van der Waals surface area contributed by atoms with E-state index in [1.165, 1.54) is 11.1 Å². The maximum Gasteiger partial charge on any atom is 0.451 e. The third kappa shape index (κ3) is 6.04. The Morgan fingerprint density at radius 1 is 1.18 bits per heavy atom. The Kier molecular flexibility index (Phi) is 7.68. The van der Waals surface area contributed by atoms with Crippen LogP contribution in [-0.2, 0) is 16.8 Å². The van der Waals surface area contributed by atoms with E-state index in [9.17, 15) is 9.90 Å². The molecule has 0 spiro atoms. The monoisotopic (exact) mass is 390 g/mol. The van der Waals surface area contributed by atoms with Crippen LogP contribution in [0.4, 0.5) is 0 Å². The quantitative estimate of drug-likeness (QED) is 0.309. The van der Waals surface area contributed by atoms with Crippen molar-refractivity contribution in [3.05, 3.63) is 35.4 Å². The lowest BCUT2D eigenvalue weighted by Gasteiger charge is -2.45. The molecular formula is C21H35BN2O4. The van der Waals surface area contributed by atoms with Gasteiger partial charge < -0.3 is 26.2 Å². The molecule has 2 rings (SSSR count). The third-order valence-corrected chi connectivity index (χ3v) is 5.98. The maximum atomic E-state index is 11.7. The Hall–Kier alpha value is -1.41. The van der Waals surface area contributed by atoms with Gasteiger partial charge in [0, 0.05) is 12.6 Å². The standard InChI is InChI=1S/C21H35BN2O4/c1-20(2,3)16-8-6-15(7-9-16)14-24-18-12-17(13-18)21(23,19(25)26)10-4-5-11-22(27)28/h6-9,17-18,24,27-28H,4-5,10-14,23H2,1-3H3,(H,25,26)/t17-,18+,21?. The van der Waals surface area contributed by atoms with Gasteiger partial charge in [-0.1, -0.05) is 57.9 Å². The molecule has 0 bridgehead atoms. The van der Waals surface area contributed by atoms with Crippen LogP contribution < -0.4 is 11.1 Å². The Morgan fingerprint density at radius 2 is 1.79 bits per heavy atom. The molecule has 28 heavy (non-hydrogen) atoms. The molecule has 0 aromatic heterocycles. The normalized spacial score (nSPS) is 21.6. The molecule has 7 heteroatoms. The molecule has 1 fully saturated rings. The van der Waals surface area contributed by atoms with Crippen molar-refractivity contribution < 1.29 is 19.9 Å². The molecule has 0 heterocycles. The van der Waals surface area contributed by atoms with E-state index in [4.69, 9.17) is 15.8 Å². The van der Waals surface area contributed by atoms with E-state index in [1.54, 1.807) is 0 Å². The summed E-state index contributed by atoms with van der Waals surface area (Å²) < 4.78 is 0. The molecule has 6 nitrogen and oxygen atoms in total. The maximum absolute atomic E-state index is 11.7. The molecule has 6 N–H and O–H groups in total. The second-order valence-corrected chi connectivity index (χ2v) is 9.26. The highest BCUT2D eigenvalue weighted by Crippen LogP contribution is 2.38. The summed E-state index contributed by atoms with van der Waals surface area (Å²) in [6.45, 7) is 7.35. The van der Waals surface area contributed by atoms with Gasteiger partial charge in [-0.05, 0) is 48.0 Å². The minimum absolute atomic E-state index is 0.0511. The van der Waals surface area contributed by atoms with E-state index in [2.05, 4.69) is 50.4 Å². The molecule has 1 atom stereocenters. The van der Waals surface area contributed by atoms with E-state index >= 15 is 0 Å². The zero-order valence-corrected chi connectivity index (χ0v) is 17.3.